The molecule has 6 heteroatoms. The lowest BCUT2D eigenvalue weighted by Crippen LogP contribution is -2.48. The summed E-state index contributed by atoms with van der Waals surface area (Å²) in [6, 6.07) is 0.0776. The molecule has 16 heavy (non-hydrogen) atoms. The van der Waals surface area contributed by atoms with Crippen LogP contribution in [0.4, 0.5) is 0 Å². The second-order valence-electron chi connectivity index (χ2n) is 4.36. The molecule has 2 unspecified atom stereocenters. The number of sulfonamides is 1. The predicted octanol–water partition coefficient (Wildman–Crippen LogP) is -0.0597. The van der Waals surface area contributed by atoms with E-state index in [9.17, 15) is 8.42 Å². The largest absolute Gasteiger partial charge is 0.385 e. The van der Waals surface area contributed by atoms with E-state index in [0.29, 0.717) is 18.9 Å². The first-order chi connectivity index (χ1) is 7.55. The third-order valence-corrected chi connectivity index (χ3v) is 4.37. The number of methoxy groups -OCH3 is 1. The third kappa shape index (κ3) is 4.78. The van der Waals surface area contributed by atoms with Gasteiger partial charge in [-0.25, -0.2) is 13.1 Å². The van der Waals surface area contributed by atoms with Gasteiger partial charge in [-0.2, -0.15) is 0 Å². The summed E-state index contributed by atoms with van der Waals surface area (Å²) in [6.07, 6.45) is 1.41. The Morgan fingerprint density at radius 2 is 2.25 bits per heavy atom. The van der Waals surface area contributed by atoms with Crippen LogP contribution in [0.2, 0.25) is 0 Å². The van der Waals surface area contributed by atoms with Crippen molar-refractivity contribution in [2.45, 2.75) is 25.8 Å². The summed E-state index contributed by atoms with van der Waals surface area (Å²) in [7, 11) is -1.57. The number of hydrogen-bond donors (Lipinski definition) is 2. The number of hydrogen-bond acceptors (Lipinski definition) is 4. The van der Waals surface area contributed by atoms with Crippen LogP contribution in [0.25, 0.3) is 0 Å². The van der Waals surface area contributed by atoms with Crippen molar-refractivity contribution in [3.63, 3.8) is 0 Å². The summed E-state index contributed by atoms with van der Waals surface area (Å²) in [4.78, 5) is 0. The molecule has 1 saturated heterocycles. The van der Waals surface area contributed by atoms with E-state index in [0.717, 1.165) is 19.5 Å². The van der Waals surface area contributed by atoms with E-state index in [2.05, 4.69) is 17.0 Å². The van der Waals surface area contributed by atoms with Crippen LogP contribution in [0.3, 0.4) is 0 Å². The Morgan fingerprint density at radius 1 is 1.50 bits per heavy atom. The number of ether oxygens (including phenoxy) is 1. The zero-order chi connectivity index (χ0) is 12.0. The molecule has 1 aliphatic heterocycles. The van der Waals surface area contributed by atoms with Gasteiger partial charge in [0.1, 0.15) is 0 Å². The van der Waals surface area contributed by atoms with Crippen LogP contribution >= 0.6 is 0 Å². The molecule has 1 rings (SSSR count). The molecule has 0 saturated carbocycles. The fourth-order valence-electron chi connectivity index (χ4n) is 1.87. The predicted molar refractivity (Wildman–Crippen MR) is 63.9 cm³/mol. The Kier molecular flexibility index (Phi) is 5.68. The van der Waals surface area contributed by atoms with Gasteiger partial charge in [0.25, 0.3) is 0 Å². The summed E-state index contributed by atoms with van der Waals surface area (Å²) >= 11 is 0. The number of piperidine rings is 1. The van der Waals surface area contributed by atoms with Crippen molar-refractivity contribution in [1.82, 2.24) is 10.0 Å². The lowest BCUT2D eigenvalue weighted by Gasteiger charge is -2.29. The standard InChI is InChI=1S/C10H22N2O3S/c1-9-8-11-5-4-10(9)12-16(13,14)7-3-6-15-2/h9-12H,3-8H2,1-2H3. The van der Waals surface area contributed by atoms with E-state index < -0.39 is 10.0 Å². The normalized spacial score (nSPS) is 26.9. The average Bonchev–Trinajstić information content (AvgIpc) is 2.21. The highest BCUT2D eigenvalue weighted by Crippen LogP contribution is 2.11. The molecule has 0 aromatic carbocycles. The SMILES string of the molecule is COCCCS(=O)(=O)NC1CCNCC1C. The minimum Gasteiger partial charge on any atom is -0.385 e. The average molecular weight is 250 g/mol. The van der Waals surface area contributed by atoms with E-state index in [1.54, 1.807) is 7.11 Å². The maximum absolute atomic E-state index is 11.7. The Hall–Kier alpha value is -0.170. The zero-order valence-corrected chi connectivity index (χ0v) is 10.8. The quantitative estimate of drug-likeness (QED) is 0.648. The molecule has 96 valence electrons. The molecule has 0 bridgehead atoms. The molecule has 0 amide bonds. The summed E-state index contributed by atoms with van der Waals surface area (Å²) < 4.78 is 31.1. The second kappa shape index (κ2) is 6.54. The van der Waals surface area contributed by atoms with Gasteiger partial charge in [-0.3, -0.25) is 0 Å². The van der Waals surface area contributed by atoms with Crippen LogP contribution in [0.15, 0.2) is 0 Å². The molecule has 1 aliphatic rings. The van der Waals surface area contributed by atoms with Crippen molar-refractivity contribution >= 4 is 10.0 Å². The maximum Gasteiger partial charge on any atom is 0.211 e. The van der Waals surface area contributed by atoms with Crippen molar-refractivity contribution < 1.29 is 13.2 Å². The molecule has 0 aromatic rings. The van der Waals surface area contributed by atoms with Crippen LogP contribution in [0, 0.1) is 5.92 Å². The van der Waals surface area contributed by atoms with Gasteiger partial charge in [-0.1, -0.05) is 6.92 Å². The number of rotatable bonds is 6. The topological polar surface area (TPSA) is 67.4 Å². The van der Waals surface area contributed by atoms with Crippen LogP contribution < -0.4 is 10.0 Å². The molecule has 2 N–H and O–H groups in total. The lowest BCUT2D eigenvalue weighted by atomic mass is 9.97. The lowest BCUT2D eigenvalue weighted by molar-refractivity contribution is 0.199. The van der Waals surface area contributed by atoms with Crippen LogP contribution in [0.1, 0.15) is 19.8 Å². The second-order valence-corrected chi connectivity index (χ2v) is 6.23. The van der Waals surface area contributed by atoms with Gasteiger partial charge < -0.3 is 10.1 Å². The smallest absolute Gasteiger partial charge is 0.211 e. The van der Waals surface area contributed by atoms with Gasteiger partial charge in [0, 0.05) is 19.8 Å². The maximum atomic E-state index is 11.7. The summed E-state index contributed by atoms with van der Waals surface area (Å²) in [5.74, 6) is 0.503. The Morgan fingerprint density at radius 3 is 2.88 bits per heavy atom. The molecule has 0 spiro atoms. The fraction of sp³-hybridized carbons (Fsp3) is 1.00. The van der Waals surface area contributed by atoms with E-state index in [1.807, 2.05) is 0 Å². The molecule has 1 heterocycles. The molecule has 0 aromatic heterocycles. The first-order valence-electron chi connectivity index (χ1n) is 5.75. The first kappa shape index (κ1) is 13.9. The van der Waals surface area contributed by atoms with E-state index in [4.69, 9.17) is 4.74 Å². The van der Waals surface area contributed by atoms with Crippen molar-refractivity contribution in [1.29, 1.82) is 0 Å². The van der Waals surface area contributed by atoms with Crippen LogP contribution in [0.5, 0.6) is 0 Å². The summed E-state index contributed by atoms with van der Waals surface area (Å²) in [6.45, 7) is 4.32. The van der Waals surface area contributed by atoms with Crippen molar-refractivity contribution in [2.75, 3.05) is 32.6 Å². The minimum atomic E-state index is -3.14. The number of nitrogens with one attached hydrogen (secondary N) is 2. The Labute approximate surface area is 98.0 Å². The Bertz CT molecular complexity index is 292. The fourth-order valence-corrected chi connectivity index (χ4v) is 3.30. The van der Waals surface area contributed by atoms with Gasteiger partial charge >= 0.3 is 0 Å². The highest BCUT2D eigenvalue weighted by atomic mass is 32.2. The monoisotopic (exact) mass is 250 g/mol. The molecule has 1 fully saturated rings. The van der Waals surface area contributed by atoms with Gasteiger partial charge in [0.15, 0.2) is 0 Å². The third-order valence-electron chi connectivity index (χ3n) is 2.88. The highest BCUT2D eigenvalue weighted by molar-refractivity contribution is 7.89. The van der Waals surface area contributed by atoms with Crippen molar-refractivity contribution in [2.24, 2.45) is 5.92 Å². The van der Waals surface area contributed by atoms with E-state index in [1.165, 1.54) is 0 Å². The molecular weight excluding hydrogens is 228 g/mol. The highest BCUT2D eigenvalue weighted by Gasteiger charge is 2.25. The molecule has 5 nitrogen and oxygen atoms in total. The summed E-state index contributed by atoms with van der Waals surface area (Å²) in [5.41, 5.74) is 0. The van der Waals surface area contributed by atoms with Gasteiger partial charge in [0.05, 0.1) is 5.75 Å². The van der Waals surface area contributed by atoms with E-state index in [-0.39, 0.29) is 11.8 Å². The molecule has 0 aliphatic carbocycles. The van der Waals surface area contributed by atoms with Gasteiger partial charge in [-0.05, 0) is 31.8 Å². The van der Waals surface area contributed by atoms with Crippen molar-refractivity contribution in [3.8, 4) is 0 Å². The molecule has 0 radical (unpaired) electrons. The molecule has 2 atom stereocenters. The first-order valence-corrected chi connectivity index (χ1v) is 7.40. The molecular formula is C10H22N2O3S. The Balaban J connectivity index is 2.38. The van der Waals surface area contributed by atoms with Gasteiger partial charge in [-0.15, -0.1) is 0 Å². The van der Waals surface area contributed by atoms with Crippen LogP contribution in [-0.4, -0.2) is 47.0 Å². The van der Waals surface area contributed by atoms with Crippen LogP contribution in [-0.2, 0) is 14.8 Å². The van der Waals surface area contributed by atoms with E-state index >= 15 is 0 Å². The zero-order valence-electron chi connectivity index (χ0n) is 10.0. The summed E-state index contributed by atoms with van der Waals surface area (Å²) in [5, 5.41) is 3.25. The minimum absolute atomic E-state index is 0.0776. The van der Waals surface area contributed by atoms with Crippen molar-refractivity contribution in [3.05, 3.63) is 0 Å². The van der Waals surface area contributed by atoms with Gasteiger partial charge in [0.2, 0.25) is 10.0 Å².